The molecule has 0 saturated heterocycles. The van der Waals surface area contributed by atoms with Crippen LogP contribution in [-0.4, -0.2) is 55.8 Å². The van der Waals surface area contributed by atoms with E-state index in [9.17, 15) is 4.79 Å². The predicted octanol–water partition coefficient (Wildman–Crippen LogP) is 2.88. The summed E-state index contributed by atoms with van der Waals surface area (Å²) >= 11 is 0. The van der Waals surface area contributed by atoms with Gasteiger partial charge in [0.05, 0.1) is 40.2 Å². The molecule has 172 valence electrons. The van der Waals surface area contributed by atoms with Gasteiger partial charge in [-0.05, 0) is 37.3 Å². The molecular formula is C21H26ClN5O5. The highest BCUT2D eigenvalue weighted by molar-refractivity contribution is 5.96. The summed E-state index contributed by atoms with van der Waals surface area (Å²) in [5, 5.41) is 14.0. The summed E-state index contributed by atoms with van der Waals surface area (Å²) in [6.07, 6.45) is 0. The van der Waals surface area contributed by atoms with Crippen LogP contribution in [-0.2, 0) is 4.79 Å². The van der Waals surface area contributed by atoms with E-state index in [4.69, 9.17) is 24.7 Å². The van der Waals surface area contributed by atoms with E-state index in [1.807, 2.05) is 6.07 Å². The van der Waals surface area contributed by atoms with Crippen molar-refractivity contribution in [2.45, 2.75) is 13.0 Å². The minimum Gasteiger partial charge on any atom is -0.495 e. The summed E-state index contributed by atoms with van der Waals surface area (Å²) in [6.45, 7) is 1.60. The van der Waals surface area contributed by atoms with Crippen molar-refractivity contribution in [3.63, 3.8) is 0 Å². The van der Waals surface area contributed by atoms with Gasteiger partial charge in [0.25, 0.3) is 0 Å². The highest BCUT2D eigenvalue weighted by atomic mass is 35.5. The van der Waals surface area contributed by atoms with Crippen LogP contribution in [0.5, 0.6) is 23.0 Å². The fourth-order valence-corrected chi connectivity index (χ4v) is 3.05. The van der Waals surface area contributed by atoms with Crippen LogP contribution in [0.15, 0.2) is 30.3 Å². The number of carbonyl (C=O) groups is 1. The summed E-state index contributed by atoms with van der Waals surface area (Å²) in [4.78, 5) is 12.1. The maximum atomic E-state index is 12.1. The number of H-pyrrole nitrogens is 1. The van der Waals surface area contributed by atoms with Gasteiger partial charge < -0.3 is 30.0 Å². The van der Waals surface area contributed by atoms with Gasteiger partial charge in [0.2, 0.25) is 11.7 Å². The van der Waals surface area contributed by atoms with Crippen molar-refractivity contribution in [1.29, 1.82) is 0 Å². The number of hydrogen-bond acceptors (Lipinski definition) is 8. The van der Waals surface area contributed by atoms with Crippen molar-refractivity contribution in [3.8, 4) is 45.5 Å². The van der Waals surface area contributed by atoms with Crippen molar-refractivity contribution in [2.24, 2.45) is 5.73 Å². The third-order valence-electron chi connectivity index (χ3n) is 4.63. The second-order valence-corrected chi connectivity index (χ2v) is 6.63. The Bertz CT molecular complexity index is 1060. The molecule has 0 spiro atoms. The SMILES string of the molecule is COc1ccc(-c2n[nH]nc2-c2cc(OC)c(OC)c(OC)c2)cc1NC(=O)C(C)N.Cl. The molecule has 1 atom stereocenters. The number of hydrogen-bond donors (Lipinski definition) is 3. The average molecular weight is 464 g/mol. The predicted molar refractivity (Wildman–Crippen MR) is 123 cm³/mol. The van der Waals surface area contributed by atoms with E-state index in [1.54, 1.807) is 45.4 Å². The molecule has 11 heteroatoms. The normalized spacial score (nSPS) is 11.2. The zero-order valence-corrected chi connectivity index (χ0v) is 19.2. The minimum atomic E-state index is -0.671. The third kappa shape index (κ3) is 4.87. The van der Waals surface area contributed by atoms with E-state index in [2.05, 4.69) is 20.7 Å². The van der Waals surface area contributed by atoms with Gasteiger partial charge in [0.15, 0.2) is 11.5 Å². The number of nitrogens with one attached hydrogen (secondary N) is 2. The number of halogens is 1. The van der Waals surface area contributed by atoms with E-state index in [0.717, 1.165) is 0 Å². The molecule has 0 radical (unpaired) electrons. The van der Waals surface area contributed by atoms with Crippen LogP contribution in [0.25, 0.3) is 22.5 Å². The fourth-order valence-electron chi connectivity index (χ4n) is 3.05. The van der Waals surface area contributed by atoms with Gasteiger partial charge in [-0.2, -0.15) is 15.4 Å². The Hall–Kier alpha value is -3.50. The number of aromatic amines is 1. The van der Waals surface area contributed by atoms with Crippen molar-refractivity contribution >= 4 is 24.0 Å². The van der Waals surface area contributed by atoms with Crippen LogP contribution in [0.1, 0.15) is 6.92 Å². The number of ether oxygens (including phenoxy) is 4. The molecule has 1 heterocycles. The van der Waals surface area contributed by atoms with Gasteiger partial charge >= 0.3 is 0 Å². The van der Waals surface area contributed by atoms with Gasteiger partial charge in [-0.15, -0.1) is 12.4 Å². The van der Waals surface area contributed by atoms with Crippen molar-refractivity contribution in [1.82, 2.24) is 15.4 Å². The molecule has 10 nitrogen and oxygen atoms in total. The Morgan fingerprint density at radius 2 is 1.47 bits per heavy atom. The molecule has 0 saturated carbocycles. The second kappa shape index (κ2) is 10.7. The first-order chi connectivity index (χ1) is 14.9. The van der Waals surface area contributed by atoms with Crippen LogP contribution < -0.4 is 30.0 Å². The molecule has 0 aliphatic rings. The fraction of sp³-hybridized carbons (Fsp3) is 0.286. The van der Waals surface area contributed by atoms with Gasteiger partial charge in [0, 0.05) is 11.1 Å². The van der Waals surface area contributed by atoms with E-state index in [0.29, 0.717) is 51.2 Å². The van der Waals surface area contributed by atoms with E-state index >= 15 is 0 Å². The molecule has 1 unspecified atom stereocenters. The Labute approximate surface area is 191 Å². The topological polar surface area (TPSA) is 134 Å². The Balaban J connectivity index is 0.00000363. The van der Waals surface area contributed by atoms with Gasteiger partial charge in [-0.3, -0.25) is 4.79 Å². The van der Waals surface area contributed by atoms with Crippen LogP contribution in [0.4, 0.5) is 5.69 Å². The number of amides is 1. The number of rotatable bonds is 8. The first kappa shape index (κ1) is 24.8. The Morgan fingerprint density at radius 3 is 1.97 bits per heavy atom. The molecular weight excluding hydrogens is 438 g/mol. The highest BCUT2D eigenvalue weighted by Crippen LogP contribution is 2.42. The summed E-state index contributed by atoms with van der Waals surface area (Å²) in [5.41, 5.74) is 8.68. The lowest BCUT2D eigenvalue weighted by Gasteiger charge is -2.14. The number of nitrogens with zero attached hydrogens (tertiary/aromatic N) is 2. The van der Waals surface area contributed by atoms with E-state index in [1.165, 1.54) is 14.2 Å². The number of aromatic nitrogens is 3. The number of nitrogens with two attached hydrogens (primary N) is 1. The summed E-state index contributed by atoms with van der Waals surface area (Å²) < 4.78 is 21.6. The van der Waals surface area contributed by atoms with Crippen LogP contribution in [0.3, 0.4) is 0 Å². The lowest BCUT2D eigenvalue weighted by atomic mass is 10.0. The average Bonchev–Trinajstić information content (AvgIpc) is 3.27. The molecule has 4 N–H and O–H groups in total. The minimum absolute atomic E-state index is 0. The van der Waals surface area contributed by atoms with E-state index < -0.39 is 6.04 Å². The largest absolute Gasteiger partial charge is 0.495 e. The van der Waals surface area contributed by atoms with Crippen LogP contribution >= 0.6 is 12.4 Å². The number of methoxy groups -OCH3 is 4. The maximum Gasteiger partial charge on any atom is 0.241 e. The third-order valence-corrected chi connectivity index (χ3v) is 4.63. The van der Waals surface area contributed by atoms with Gasteiger partial charge in [0.1, 0.15) is 17.1 Å². The molecule has 0 aliphatic heterocycles. The van der Waals surface area contributed by atoms with Crippen LogP contribution in [0, 0.1) is 0 Å². The highest BCUT2D eigenvalue weighted by Gasteiger charge is 2.20. The van der Waals surface area contributed by atoms with E-state index in [-0.39, 0.29) is 18.3 Å². The van der Waals surface area contributed by atoms with Crippen molar-refractivity contribution in [2.75, 3.05) is 33.8 Å². The molecule has 32 heavy (non-hydrogen) atoms. The molecule has 0 aliphatic carbocycles. The second-order valence-electron chi connectivity index (χ2n) is 6.63. The Morgan fingerprint density at radius 1 is 0.906 bits per heavy atom. The molecule has 3 aromatic rings. The summed E-state index contributed by atoms with van der Waals surface area (Å²) in [7, 11) is 6.15. The zero-order chi connectivity index (χ0) is 22.5. The molecule has 1 amide bonds. The quantitative estimate of drug-likeness (QED) is 0.464. The number of carbonyl (C=O) groups excluding carboxylic acids is 1. The first-order valence-corrected chi connectivity index (χ1v) is 9.39. The monoisotopic (exact) mass is 463 g/mol. The standard InChI is InChI=1S/C21H25N5O5.ClH/c1-11(22)21(27)23-14-8-12(6-7-15(14)28-2)18-19(25-26-24-18)13-9-16(29-3)20(31-5)17(10-13)30-4;/h6-11H,22H2,1-5H3,(H,23,27)(H,24,25,26);1H. The smallest absolute Gasteiger partial charge is 0.241 e. The molecule has 0 fully saturated rings. The van der Waals surface area contributed by atoms with Crippen molar-refractivity contribution < 1.29 is 23.7 Å². The molecule has 0 bridgehead atoms. The van der Waals surface area contributed by atoms with Crippen molar-refractivity contribution in [3.05, 3.63) is 30.3 Å². The summed E-state index contributed by atoms with van der Waals surface area (Å²) in [5.74, 6) is 1.62. The molecule has 3 rings (SSSR count). The van der Waals surface area contributed by atoms with Crippen LogP contribution in [0.2, 0.25) is 0 Å². The maximum absolute atomic E-state index is 12.1. The summed E-state index contributed by atoms with van der Waals surface area (Å²) in [6, 6.07) is 8.20. The number of benzene rings is 2. The van der Waals surface area contributed by atoms with Gasteiger partial charge in [-0.1, -0.05) is 0 Å². The molecule has 1 aromatic heterocycles. The lowest BCUT2D eigenvalue weighted by Crippen LogP contribution is -2.32. The number of anilines is 1. The Kier molecular flexibility index (Phi) is 8.27. The molecule has 2 aromatic carbocycles. The van der Waals surface area contributed by atoms with Gasteiger partial charge in [-0.25, -0.2) is 0 Å². The first-order valence-electron chi connectivity index (χ1n) is 9.39. The lowest BCUT2D eigenvalue weighted by molar-refractivity contribution is -0.117. The zero-order valence-electron chi connectivity index (χ0n) is 18.4.